The standard InChI is InChI=1S/C19H20N2O5.C10H8N2/c1-3-20(15-9-5-13(6-10-15)17(22)23)19(26)21(4-2)16-11-7-14(8-12-16)18(24)25;1-5-11-6-2-9(1)10-3-7-12-8-4-10/h5-12H,3-4H2,1-2H3,(H,22,23)(H,24,25);1-8H. The molecule has 0 bridgehead atoms. The summed E-state index contributed by atoms with van der Waals surface area (Å²) in [6.45, 7) is 4.44. The van der Waals surface area contributed by atoms with E-state index in [1.54, 1.807) is 49.1 Å². The van der Waals surface area contributed by atoms with Crippen LogP contribution in [0.25, 0.3) is 11.1 Å². The molecule has 2 amide bonds. The Bertz CT molecular complexity index is 1240. The maximum atomic E-state index is 13.0. The van der Waals surface area contributed by atoms with Gasteiger partial charge < -0.3 is 10.2 Å². The van der Waals surface area contributed by atoms with Crippen molar-refractivity contribution in [1.82, 2.24) is 9.97 Å². The van der Waals surface area contributed by atoms with E-state index in [0.29, 0.717) is 24.5 Å². The van der Waals surface area contributed by atoms with Crippen LogP contribution in [0.15, 0.2) is 97.6 Å². The molecule has 0 saturated carbocycles. The molecule has 9 nitrogen and oxygen atoms in total. The molecule has 4 aromatic rings. The fourth-order valence-corrected chi connectivity index (χ4v) is 3.66. The Labute approximate surface area is 220 Å². The van der Waals surface area contributed by atoms with Gasteiger partial charge in [-0.2, -0.15) is 0 Å². The Kier molecular flexibility index (Phi) is 9.65. The van der Waals surface area contributed by atoms with Crippen molar-refractivity contribution in [3.05, 3.63) is 109 Å². The summed E-state index contributed by atoms with van der Waals surface area (Å²) in [5, 5.41) is 18.0. The molecule has 0 aliphatic rings. The van der Waals surface area contributed by atoms with Crippen LogP contribution in [-0.2, 0) is 0 Å². The van der Waals surface area contributed by atoms with Crippen LogP contribution in [0.4, 0.5) is 16.2 Å². The molecule has 2 N–H and O–H groups in total. The first-order valence-corrected chi connectivity index (χ1v) is 11.9. The predicted octanol–water partition coefficient (Wildman–Crippen LogP) is 5.70. The first-order chi connectivity index (χ1) is 18.3. The number of aromatic nitrogens is 2. The number of nitrogens with zero attached hydrogens (tertiary/aromatic N) is 4. The van der Waals surface area contributed by atoms with Gasteiger partial charge in [0.2, 0.25) is 0 Å². The van der Waals surface area contributed by atoms with Crippen LogP contribution in [0, 0.1) is 0 Å². The lowest BCUT2D eigenvalue weighted by atomic mass is 10.1. The maximum Gasteiger partial charge on any atom is 0.335 e. The normalized spacial score (nSPS) is 10.1. The summed E-state index contributed by atoms with van der Waals surface area (Å²) in [6, 6.07) is 19.8. The summed E-state index contributed by atoms with van der Waals surface area (Å²) in [5.41, 5.74) is 3.81. The second-order valence-electron chi connectivity index (χ2n) is 7.95. The number of urea groups is 1. The maximum absolute atomic E-state index is 13.0. The third-order valence-corrected chi connectivity index (χ3v) is 5.64. The largest absolute Gasteiger partial charge is 0.478 e. The number of benzene rings is 2. The number of aromatic carboxylic acids is 2. The minimum Gasteiger partial charge on any atom is -0.478 e. The SMILES string of the molecule is CCN(C(=O)N(CC)c1ccc(C(=O)O)cc1)c1ccc(C(=O)O)cc1.c1cc(-c2ccncc2)ccn1. The van der Waals surface area contributed by atoms with Crippen LogP contribution in [0.5, 0.6) is 0 Å². The Morgan fingerprint density at radius 1 is 0.579 bits per heavy atom. The predicted molar refractivity (Wildman–Crippen MR) is 146 cm³/mol. The number of hydrogen-bond acceptors (Lipinski definition) is 5. The number of amides is 2. The minimum absolute atomic E-state index is 0.147. The van der Waals surface area contributed by atoms with Crippen LogP contribution in [0.3, 0.4) is 0 Å². The van der Waals surface area contributed by atoms with Crippen molar-refractivity contribution < 1.29 is 24.6 Å². The Morgan fingerprint density at radius 3 is 1.16 bits per heavy atom. The second-order valence-corrected chi connectivity index (χ2v) is 7.95. The lowest BCUT2D eigenvalue weighted by Gasteiger charge is -2.29. The molecular weight excluding hydrogens is 484 g/mol. The third-order valence-electron chi connectivity index (χ3n) is 5.64. The number of rotatable bonds is 7. The molecule has 194 valence electrons. The summed E-state index contributed by atoms with van der Waals surface area (Å²) in [5.74, 6) is -2.06. The van der Waals surface area contributed by atoms with Gasteiger partial charge in [0.15, 0.2) is 0 Å². The first kappa shape index (κ1) is 27.5. The molecule has 0 saturated heterocycles. The molecule has 0 aliphatic heterocycles. The highest BCUT2D eigenvalue weighted by atomic mass is 16.4. The molecule has 0 spiro atoms. The van der Waals surface area contributed by atoms with Crippen molar-refractivity contribution in [3.63, 3.8) is 0 Å². The highest BCUT2D eigenvalue weighted by Gasteiger charge is 2.22. The molecule has 0 fully saturated rings. The Morgan fingerprint density at radius 2 is 0.895 bits per heavy atom. The first-order valence-electron chi connectivity index (χ1n) is 11.9. The van der Waals surface area contributed by atoms with E-state index in [0.717, 1.165) is 0 Å². The van der Waals surface area contributed by atoms with Crippen LogP contribution < -0.4 is 9.80 Å². The van der Waals surface area contributed by atoms with Crippen molar-refractivity contribution in [2.75, 3.05) is 22.9 Å². The smallest absolute Gasteiger partial charge is 0.335 e. The monoisotopic (exact) mass is 512 g/mol. The summed E-state index contributed by atoms with van der Waals surface area (Å²) in [7, 11) is 0. The number of carbonyl (C=O) groups excluding carboxylic acids is 1. The summed E-state index contributed by atoms with van der Waals surface area (Å²) >= 11 is 0. The average Bonchev–Trinajstić information content (AvgIpc) is 2.96. The van der Waals surface area contributed by atoms with Gasteiger partial charge in [0, 0.05) is 49.3 Å². The van der Waals surface area contributed by atoms with E-state index in [9.17, 15) is 14.4 Å². The van der Waals surface area contributed by atoms with Gasteiger partial charge in [-0.25, -0.2) is 14.4 Å². The van der Waals surface area contributed by atoms with Gasteiger partial charge in [-0.1, -0.05) is 0 Å². The third kappa shape index (κ3) is 7.01. The van der Waals surface area contributed by atoms with E-state index >= 15 is 0 Å². The number of hydrogen-bond donors (Lipinski definition) is 2. The van der Waals surface area contributed by atoms with Gasteiger partial charge in [-0.3, -0.25) is 19.8 Å². The van der Waals surface area contributed by atoms with Crippen molar-refractivity contribution in [2.45, 2.75) is 13.8 Å². The van der Waals surface area contributed by atoms with Crippen LogP contribution in [0.1, 0.15) is 34.6 Å². The molecular formula is C29H28N4O5. The van der Waals surface area contributed by atoms with Crippen LogP contribution in [-0.4, -0.2) is 51.2 Å². The Balaban J connectivity index is 0.000000275. The number of pyridine rings is 2. The van der Waals surface area contributed by atoms with Gasteiger partial charge in [-0.05, 0) is 97.8 Å². The second kappa shape index (κ2) is 13.3. The van der Waals surface area contributed by atoms with Crippen molar-refractivity contribution in [2.24, 2.45) is 0 Å². The molecule has 0 aliphatic carbocycles. The summed E-state index contributed by atoms with van der Waals surface area (Å²) in [4.78, 5) is 45.9. The van der Waals surface area contributed by atoms with Gasteiger partial charge in [0.05, 0.1) is 11.1 Å². The molecule has 2 heterocycles. The van der Waals surface area contributed by atoms with Crippen LogP contribution >= 0.6 is 0 Å². The van der Waals surface area contributed by atoms with Crippen molar-refractivity contribution in [3.8, 4) is 11.1 Å². The zero-order valence-electron chi connectivity index (χ0n) is 21.1. The molecule has 38 heavy (non-hydrogen) atoms. The van der Waals surface area contributed by atoms with Gasteiger partial charge in [0.25, 0.3) is 0 Å². The fraction of sp³-hybridized carbons (Fsp3) is 0.138. The Hall–Kier alpha value is -5.05. The lowest BCUT2D eigenvalue weighted by molar-refractivity contribution is 0.0686. The molecule has 0 atom stereocenters. The number of carboxylic acids is 2. The summed E-state index contributed by atoms with van der Waals surface area (Å²) in [6.07, 6.45) is 7.15. The average molecular weight is 513 g/mol. The highest BCUT2D eigenvalue weighted by Crippen LogP contribution is 2.22. The van der Waals surface area contributed by atoms with Gasteiger partial charge in [0.1, 0.15) is 0 Å². The van der Waals surface area contributed by atoms with Gasteiger partial charge >= 0.3 is 18.0 Å². The molecule has 0 radical (unpaired) electrons. The topological polar surface area (TPSA) is 124 Å². The lowest BCUT2D eigenvalue weighted by Crippen LogP contribution is -2.43. The van der Waals surface area contributed by atoms with Crippen molar-refractivity contribution in [1.29, 1.82) is 0 Å². The summed E-state index contributed by atoms with van der Waals surface area (Å²) < 4.78 is 0. The molecule has 0 unspecified atom stereocenters. The van der Waals surface area contributed by atoms with Crippen molar-refractivity contribution >= 4 is 29.3 Å². The minimum atomic E-state index is -1.03. The van der Waals surface area contributed by atoms with Gasteiger partial charge in [-0.15, -0.1) is 0 Å². The number of carboxylic acid groups (broad SMARTS) is 2. The molecule has 4 rings (SSSR count). The number of anilines is 2. The molecule has 2 aromatic heterocycles. The quantitative estimate of drug-likeness (QED) is 0.325. The van der Waals surface area contributed by atoms with E-state index in [1.165, 1.54) is 45.2 Å². The van der Waals surface area contributed by atoms with E-state index in [1.807, 2.05) is 38.1 Å². The number of carbonyl (C=O) groups is 3. The fourth-order valence-electron chi connectivity index (χ4n) is 3.66. The van der Waals surface area contributed by atoms with Crippen LogP contribution in [0.2, 0.25) is 0 Å². The zero-order chi connectivity index (χ0) is 27.5. The highest BCUT2D eigenvalue weighted by molar-refractivity contribution is 6.04. The van der Waals surface area contributed by atoms with E-state index in [4.69, 9.17) is 10.2 Å². The zero-order valence-corrected chi connectivity index (χ0v) is 21.1. The van der Waals surface area contributed by atoms with E-state index in [-0.39, 0.29) is 17.2 Å². The van der Waals surface area contributed by atoms with E-state index in [2.05, 4.69) is 9.97 Å². The van der Waals surface area contributed by atoms with E-state index < -0.39 is 11.9 Å². The molecule has 2 aromatic carbocycles. The molecule has 9 heteroatoms.